The molecular weight excluding hydrogens is 724 g/mol. The number of carboxylic acids is 3. The zero-order chi connectivity index (χ0) is 40.0. The van der Waals surface area contributed by atoms with E-state index < -0.39 is 84.7 Å². The molecule has 5 aliphatic rings. The summed E-state index contributed by atoms with van der Waals surface area (Å²) in [4.78, 5) is 40.4. The van der Waals surface area contributed by atoms with Crippen molar-refractivity contribution in [2.75, 3.05) is 34.2 Å². The Labute approximate surface area is 308 Å². The van der Waals surface area contributed by atoms with Crippen molar-refractivity contribution in [1.29, 1.82) is 0 Å². The van der Waals surface area contributed by atoms with E-state index in [0.29, 0.717) is 28.2 Å². The minimum Gasteiger partial charge on any atom is -0.502 e. The number of aliphatic hydroxyl groups is 2. The standard InChI is InChI=1S/C29H32O13.3C2H4O2/c1-11-36-9-20-27(40-11)24(31)25(32)29(41-20)42-26-14-7-17-16(38-10-39-17)6-13(14)21(22-15(26)8-37-28(22)33)12-4-18(34-2)23(30)19(5-12)35-3;3*1-2(3)4/h4-7,11,15,20-22,24-27,29-32H,8-10H2,1-3H3;3*1H3,(H,3,4)/t11-,15?,20-,21-,22+,24-,25-,26?,27-,29+;;;/m1.../s1. The van der Waals surface area contributed by atoms with Crippen LogP contribution in [0.1, 0.15) is 56.4 Å². The van der Waals surface area contributed by atoms with E-state index in [9.17, 15) is 20.1 Å². The van der Waals surface area contributed by atoms with Crippen LogP contribution in [-0.2, 0) is 42.9 Å². The van der Waals surface area contributed by atoms with Gasteiger partial charge in [-0.3, -0.25) is 19.2 Å². The molecule has 0 saturated carbocycles. The van der Waals surface area contributed by atoms with Crippen LogP contribution in [-0.4, -0.2) is 126 Å². The lowest BCUT2D eigenvalue weighted by Gasteiger charge is -2.47. The molecule has 4 aliphatic heterocycles. The van der Waals surface area contributed by atoms with Gasteiger partial charge in [0.2, 0.25) is 12.5 Å². The van der Waals surface area contributed by atoms with Crippen LogP contribution in [0.4, 0.5) is 0 Å². The number of ether oxygens (including phenoxy) is 9. The third kappa shape index (κ3) is 9.41. The highest BCUT2D eigenvalue weighted by Gasteiger charge is 2.56. The topological polar surface area (TPSA) is 273 Å². The van der Waals surface area contributed by atoms with Gasteiger partial charge in [0.15, 0.2) is 35.6 Å². The van der Waals surface area contributed by atoms with Gasteiger partial charge >= 0.3 is 5.97 Å². The first-order valence-electron chi connectivity index (χ1n) is 16.6. The van der Waals surface area contributed by atoms with Crippen molar-refractivity contribution in [2.45, 2.75) is 76.7 Å². The third-order valence-corrected chi connectivity index (χ3v) is 8.75. The first-order valence-corrected chi connectivity index (χ1v) is 16.6. The second-order valence-electron chi connectivity index (χ2n) is 12.5. The number of aromatic hydroxyl groups is 1. The molecule has 298 valence electrons. The molecule has 4 heterocycles. The smallest absolute Gasteiger partial charge is 0.310 e. The fraction of sp³-hybridized carbons (Fsp3) is 0.543. The van der Waals surface area contributed by atoms with Crippen LogP contribution >= 0.6 is 0 Å². The molecule has 2 aromatic rings. The molecule has 19 heteroatoms. The molecule has 10 atom stereocenters. The number of fused-ring (bicyclic) bond motifs is 4. The summed E-state index contributed by atoms with van der Waals surface area (Å²) >= 11 is 0. The molecule has 3 saturated heterocycles. The molecule has 6 N–H and O–H groups in total. The Kier molecular flexibility index (Phi) is 13.9. The van der Waals surface area contributed by atoms with Crippen LogP contribution in [0.15, 0.2) is 24.3 Å². The third-order valence-electron chi connectivity index (χ3n) is 8.75. The summed E-state index contributed by atoms with van der Waals surface area (Å²) in [6.07, 6.45) is -6.80. The Morgan fingerprint density at radius 3 is 1.85 bits per heavy atom. The molecule has 1 aliphatic carbocycles. The van der Waals surface area contributed by atoms with E-state index in [1.807, 2.05) is 0 Å². The summed E-state index contributed by atoms with van der Waals surface area (Å²) in [7, 11) is 2.86. The van der Waals surface area contributed by atoms with Crippen molar-refractivity contribution >= 4 is 23.9 Å². The van der Waals surface area contributed by atoms with E-state index in [0.717, 1.165) is 20.8 Å². The molecule has 19 nitrogen and oxygen atoms in total. The number of phenolic OH excluding ortho intramolecular Hbond substituents is 1. The number of hydrogen-bond acceptors (Lipinski definition) is 16. The van der Waals surface area contributed by atoms with Gasteiger partial charge in [0.05, 0.1) is 39.5 Å². The number of aliphatic carboxylic acids is 3. The molecular formula is C35H44O19. The highest BCUT2D eigenvalue weighted by Crippen LogP contribution is 2.57. The Balaban J connectivity index is 0.000000477. The number of benzene rings is 2. The summed E-state index contributed by atoms with van der Waals surface area (Å²) in [6.45, 7) is 5.18. The normalized spacial score (nSPS) is 29.7. The van der Waals surface area contributed by atoms with Gasteiger partial charge in [0, 0.05) is 32.6 Å². The number of methoxy groups -OCH3 is 2. The number of cyclic esters (lactones) is 1. The lowest BCUT2D eigenvalue weighted by Crippen LogP contribution is -2.63. The zero-order valence-corrected chi connectivity index (χ0v) is 30.2. The minimum absolute atomic E-state index is 0.0301. The fourth-order valence-corrected chi connectivity index (χ4v) is 6.74. The van der Waals surface area contributed by atoms with Gasteiger partial charge in [-0.2, -0.15) is 0 Å². The van der Waals surface area contributed by atoms with Crippen LogP contribution in [0.3, 0.4) is 0 Å². The molecule has 3 fully saturated rings. The number of carboxylic acid groups (broad SMARTS) is 3. The van der Waals surface area contributed by atoms with Gasteiger partial charge in [-0.05, 0) is 47.9 Å². The van der Waals surface area contributed by atoms with E-state index in [1.165, 1.54) is 14.2 Å². The zero-order valence-electron chi connectivity index (χ0n) is 30.2. The predicted octanol–water partition coefficient (Wildman–Crippen LogP) is 1.61. The van der Waals surface area contributed by atoms with Crippen molar-refractivity contribution in [1.82, 2.24) is 0 Å². The molecule has 7 rings (SSSR count). The maximum atomic E-state index is 13.4. The van der Waals surface area contributed by atoms with Crippen LogP contribution in [0.25, 0.3) is 0 Å². The van der Waals surface area contributed by atoms with E-state index in [1.54, 1.807) is 31.2 Å². The summed E-state index contributed by atoms with van der Waals surface area (Å²) in [6, 6.07) is 6.93. The van der Waals surface area contributed by atoms with E-state index in [-0.39, 0.29) is 37.3 Å². The van der Waals surface area contributed by atoms with Crippen LogP contribution < -0.4 is 18.9 Å². The maximum Gasteiger partial charge on any atom is 0.310 e. The molecule has 0 bridgehead atoms. The summed E-state index contributed by atoms with van der Waals surface area (Å²) in [5.41, 5.74) is 2.01. The largest absolute Gasteiger partial charge is 0.502 e. The number of carbonyl (C=O) groups excluding carboxylic acids is 1. The quantitative estimate of drug-likeness (QED) is 0.236. The van der Waals surface area contributed by atoms with Gasteiger partial charge in [0.25, 0.3) is 17.9 Å². The average Bonchev–Trinajstić information content (AvgIpc) is 3.72. The highest BCUT2D eigenvalue weighted by molar-refractivity contribution is 5.79. The van der Waals surface area contributed by atoms with Gasteiger partial charge in [0.1, 0.15) is 24.4 Å². The number of aliphatic hydroxyl groups excluding tert-OH is 2. The lowest BCUT2D eigenvalue weighted by molar-refractivity contribution is -0.364. The second kappa shape index (κ2) is 17.9. The summed E-state index contributed by atoms with van der Waals surface area (Å²) in [5, 5.41) is 54.8. The van der Waals surface area contributed by atoms with Crippen LogP contribution in [0.5, 0.6) is 28.7 Å². The van der Waals surface area contributed by atoms with Gasteiger partial charge < -0.3 is 73.3 Å². The van der Waals surface area contributed by atoms with Crippen molar-refractivity contribution in [3.8, 4) is 28.7 Å². The molecule has 0 aromatic heterocycles. The van der Waals surface area contributed by atoms with E-state index >= 15 is 0 Å². The average molecular weight is 769 g/mol. The van der Waals surface area contributed by atoms with Crippen LogP contribution in [0, 0.1) is 11.8 Å². The maximum absolute atomic E-state index is 13.4. The Bertz CT molecular complexity index is 1610. The van der Waals surface area contributed by atoms with Gasteiger partial charge in [-0.15, -0.1) is 0 Å². The first-order chi connectivity index (χ1) is 25.5. The molecule has 0 spiro atoms. The van der Waals surface area contributed by atoms with Crippen LogP contribution in [0.2, 0.25) is 0 Å². The molecule has 54 heavy (non-hydrogen) atoms. The number of phenols is 1. The van der Waals surface area contributed by atoms with Crippen molar-refractivity contribution < 1.29 is 92.4 Å². The van der Waals surface area contributed by atoms with Crippen molar-refractivity contribution in [2.24, 2.45) is 11.8 Å². The Hall–Kier alpha value is -4.92. The number of rotatable bonds is 5. The predicted molar refractivity (Wildman–Crippen MR) is 178 cm³/mol. The minimum atomic E-state index is -1.44. The van der Waals surface area contributed by atoms with E-state index in [4.69, 9.17) is 72.3 Å². The molecule has 0 radical (unpaired) electrons. The highest BCUT2D eigenvalue weighted by atomic mass is 16.8. The molecule has 0 amide bonds. The van der Waals surface area contributed by atoms with Gasteiger partial charge in [-0.25, -0.2) is 0 Å². The molecule has 2 unspecified atom stereocenters. The number of esters is 1. The molecule has 2 aromatic carbocycles. The lowest BCUT2D eigenvalue weighted by atomic mass is 9.66. The van der Waals surface area contributed by atoms with Gasteiger partial charge in [-0.1, -0.05) is 0 Å². The SMILES string of the molecule is CC(=O)O.CC(=O)O.CC(=O)O.COc1cc([C@@H]2c3cc4c(cc3C(O[C@@H]3O[C@@H]5CO[C@@H](C)O[C@H]5[C@H](O)[C@H]3O)C3COC(=O)[C@@H]32)OCO4)cc(OC)c1O. The Morgan fingerprint density at radius 1 is 0.778 bits per heavy atom. The first kappa shape index (κ1) is 41.8. The monoisotopic (exact) mass is 768 g/mol. The van der Waals surface area contributed by atoms with Crippen molar-refractivity contribution in [3.05, 3.63) is 41.0 Å². The Morgan fingerprint density at radius 2 is 1.31 bits per heavy atom. The summed E-state index contributed by atoms with van der Waals surface area (Å²) < 4.78 is 51.5. The number of hydrogen-bond donors (Lipinski definition) is 6. The fourth-order valence-electron chi connectivity index (χ4n) is 6.74. The second-order valence-corrected chi connectivity index (χ2v) is 12.5. The van der Waals surface area contributed by atoms with Crippen molar-refractivity contribution in [3.63, 3.8) is 0 Å². The summed E-state index contributed by atoms with van der Waals surface area (Å²) in [5.74, 6) is -3.52. The number of carbonyl (C=O) groups is 4. The van der Waals surface area contributed by atoms with E-state index in [2.05, 4.69) is 0 Å².